The number of benzene rings is 1. The van der Waals surface area contributed by atoms with Crippen molar-refractivity contribution >= 4 is 40.9 Å². The normalized spacial score (nSPS) is 16.2. The fraction of sp³-hybridized carbons (Fsp3) is 0.278. The molecule has 1 aromatic carbocycles. The van der Waals surface area contributed by atoms with Gasteiger partial charge in [0.05, 0.1) is 0 Å². The Hall–Kier alpha value is -2.67. The summed E-state index contributed by atoms with van der Waals surface area (Å²) in [5.41, 5.74) is 1.18. The van der Waals surface area contributed by atoms with Crippen LogP contribution in [0.15, 0.2) is 36.4 Å². The fourth-order valence-corrected chi connectivity index (χ4v) is 2.83. The van der Waals surface area contributed by atoms with Crippen LogP contribution in [0.2, 0.25) is 0 Å². The average molecular weight is 359 g/mol. The van der Waals surface area contributed by atoms with Crippen LogP contribution in [0.5, 0.6) is 5.75 Å². The molecule has 0 saturated carbocycles. The third-order valence-corrected chi connectivity index (χ3v) is 4.26. The second kappa shape index (κ2) is 7.94. The first-order chi connectivity index (χ1) is 11.9. The van der Waals surface area contributed by atoms with E-state index >= 15 is 0 Å². The fourth-order valence-electron chi connectivity index (χ4n) is 2.58. The number of phenolic OH excluding ortho intramolecular Hbond substituents is 1. The molecule has 2 N–H and O–H groups in total. The molecular weight excluding hydrogens is 338 g/mol. The highest BCUT2D eigenvalue weighted by Gasteiger charge is 2.32. The lowest BCUT2D eigenvalue weighted by Crippen LogP contribution is -2.53. The minimum Gasteiger partial charge on any atom is -0.507 e. The van der Waals surface area contributed by atoms with Gasteiger partial charge in [-0.15, -0.1) is 6.58 Å². The van der Waals surface area contributed by atoms with Crippen LogP contribution in [0.4, 0.5) is 5.69 Å². The SMILES string of the molecule is C=CCN1C(=O)/C(=C\c2ccc(N(CC)CC)cc2O)C(=O)NC1=S. The minimum atomic E-state index is -0.581. The van der Waals surface area contributed by atoms with Crippen molar-refractivity contribution in [3.05, 3.63) is 42.0 Å². The summed E-state index contributed by atoms with van der Waals surface area (Å²) in [7, 11) is 0. The molecule has 1 aromatic rings. The predicted octanol–water partition coefficient (Wildman–Crippen LogP) is 2.05. The van der Waals surface area contributed by atoms with E-state index in [1.807, 2.05) is 19.9 Å². The quantitative estimate of drug-likeness (QED) is 0.352. The molecule has 1 heterocycles. The predicted molar refractivity (Wildman–Crippen MR) is 102 cm³/mol. The lowest BCUT2D eigenvalue weighted by Gasteiger charge is -2.27. The molecule has 0 unspecified atom stereocenters. The molecule has 0 aliphatic carbocycles. The molecule has 132 valence electrons. The highest BCUT2D eigenvalue weighted by molar-refractivity contribution is 7.80. The summed E-state index contributed by atoms with van der Waals surface area (Å²) < 4.78 is 0. The zero-order chi connectivity index (χ0) is 18.6. The molecule has 6 nitrogen and oxygen atoms in total. The van der Waals surface area contributed by atoms with Gasteiger partial charge in [-0.2, -0.15) is 0 Å². The monoisotopic (exact) mass is 359 g/mol. The molecule has 0 aromatic heterocycles. The van der Waals surface area contributed by atoms with Crippen molar-refractivity contribution in [1.29, 1.82) is 0 Å². The van der Waals surface area contributed by atoms with Crippen molar-refractivity contribution in [2.75, 3.05) is 24.5 Å². The summed E-state index contributed by atoms with van der Waals surface area (Å²) in [6.07, 6.45) is 2.90. The molecule has 0 spiro atoms. The number of hydrogen-bond acceptors (Lipinski definition) is 5. The molecule has 0 radical (unpaired) electrons. The van der Waals surface area contributed by atoms with Gasteiger partial charge in [-0.1, -0.05) is 6.08 Å². The van der Waals surface area contributed by atoms with Gasteiger partial charge in [-0.05, 0) is 44.3 Å². The summed E-state index contributed by atoms with van der Waals surface area (Å²) in [5, 5.41) is 12.8. The molecule has 7 heteroatoms. The number of nitrogens with one attached hydrogen (secondary N) is 1. The lowest BCUT2D eigenvalue weighted by atomic mass is 10.1. The number of hydrogen-bond donors (Lipinski definition) is 2. The van der Waals surface area contributed by atoms with Crippen LogP contribution >= 0.6 is 12.2 Å². The van der Waals surface area contributed by atoms with Gasteiger partial charge in [-0.25, -0.2) is 0 Å². The van der Waals surface area contributed by atoms with E-state index in [0.717, 1.165) is 18.8 Å². The number of nitrogens with zero attached hydrogens (tertiary/aromatic N) is 2. The van der Waals surface area contributed by atoms with E-state index in [1.54, 1.807) is 12.1 Å². The third-order valence-electron chi connectivity index (χ3n) is 3.94. The number of thiocarbonyl (C=S) groups is 1. The first kappa shape index (κ1) is 18.7. The number of aromatic hydroxyl groups is 1. The van der Waals surface area contributed by atoms with E-state index in [-0.39, 0.29) is 23.0 Å². The van der Waals surface area contributed by atoms with Crippen LogP contribution in [0.3, 0.4) is 0 Å². The smallest absolute Gasteiger partial charge is 0.265 e. The van der Waals surface area contributed by atoms with Crippen LogP contribution < -0.4 is 10.2 Å². The molecule has 1 aliphatic rings. The van der Waals surface area contributed by atoms with E-state index in [0.29, 0.717) is 5.56 Å². The Kier molecular flexibility index (Phi) is 5.93. The molecule has 1 aliphatic heterocycles. The van der Waals surface area contributed by atoms with Crippen molar-refractivity contribution in [3.63, 3.8) is 0 Å². The van der Waals surface area contributed by atoms with Crippen molar-refractivity contribution in [3.8, 4) is 5.75 Å². The Bertz CT molecular complexity index is 754. The maximum absolute atomic E-state index is 12.5. The van der Waals surface area contributed by atoms with Crippen molar-refractivity contribution in [1.82, 2.24) is 10.2 Å². The topological polar surface area (TPSA) is 72.9 Å². The van der Waals surface area contributed by atoms with Crippen LogP contribution in [0.25, 0.3) is 6.08 Å². The Labute approximate surface area is 152 Å². The van der Waals surface area contributed by atoms with Crippen LogP contribution in [-0.2, 0) is 9.59 Å². The van der Waals surface area contributed by atoms with Crippen LogP contribution in [0.1, 0.15) is 19.4 Å². The Balaban J connectivity index is 2.38. The number of carbonyl (C=O) groups excluding carboxylic acids is 2. The maximum Gasteiger partial charge on any atom is 0.265 e. The highest BCUT2D eigenvalue weighted by atomic mass is 32.1. The summed E-state index contributed by atoms with van der Waals surface area (Å²) in [6.45, 7) is 9.45. The van der Waals surface area contributed by atoms with E-state index in [4.69, 9.17) is 12.2 Å². The first-order valence-electron chi connectivity index (χ1n) is 8.00. The molecule has 0 atom stereocenters. The van der Waals surface area contributed by atoms with Gasteiger partial charge in [-0.3, -0.25) is 19.8 Å². The number of phenols is 1. The van der Waals surface area contributed by atoms with Crippen LogP contribution in [-0.4, -0.2) is 46.6 Å². The van der Waals surface area contributed by atoms with E-state index in [2.05, 4.69) is 16.8 Å². The van der Waals surface area contributed by atoms with Crippen molar-refractivity contribution < 1.29 is 14.7 Å². The summed E-state index contributed by atoms with van der Waals surface area (Å²) in [5.74, 6) is -1.09. The highest BCUT2D eigenvalue weighted by Crippen LogP contribution is 2.27. The largest absolute Gasteiger partial charge is 0.507 e. The zero-order valence-electron chi connectivity index (χ0n) is 14.3. The van der Waals surface area contributed by atoms with Gasteiger partial charge in [0.1, 0.15) is 11.3 Å². The van der Waals surface area contributed by atoms with Gasteiger partial charge >= 0.3 is 0 Å². The maximum atomic E-state index is 12.5. The summed E-state index contributed by atoms with van der Waals surface area (Å²) >= 11 is 5.01. The number of carbonyl (C=O) groups is 2. The minimum absolute atomic E-state index is 0.000852. The van der Waals surface area contributed by atoms with Crippen molar-refractivity contribution in [2.24, 2.45) is 0 Å². The number of amides is 2. The van der Waals surface area contributed by atoms with Crippen LogP contribution in [0, 0.1) is 0 Å². The number of rotatable bonds is 6. The lowest BCUT2D eigenvalue weighted by molar-refractivity contribution is -0.128. The molecular formula is C18H21N3O3S. The molecule has 1 saturated heterocycles. The van der Waals surface area contributed by atoms with E-state index < -0.39 is 11.8 Å². The van der Waals surface area contributed by atoms with Gasteiger partial charge < -0.3 is 10.0 Å². The van der Waals surface area contributed by atoms with Gasteiger partial charge in [0, 0.05) is 37.0 Å². The second-order valence-electron chi connectivity index (χ2n) is 5.44. The molecule has 0 bridgehead atoms. The standard InChI is InChI=1S/C18H21N3O3S/c1-4-9-21-17(24)14(16(23)19-18(21)25)10-12-7-8-13(11-15(12)22)20(5-2)6-3/h4,7-8,10-11,22H,1,5-6,9H2,2-3H3,(H,19,23,25)/b14-10-. The molecule has 25 heavy (non-hydrogen) atoms. The van der Waals surface area contributed by atoms with Crippen molar-refractivity contribution in [2.45, 2.75) is 13.8 Å². The zero-order valence-corrected chi connectivity index (χ0v) is 15.1. The summed E-state index contributed by atoms with van der Waals surface area (Å²) in [6, 6.07) is 5.15. The van der Waals surface area contributed by atoms with Gasteiger partial charge in [0.25, 0.3) is 11.8 Å². The molecule has 2 amide bonds. The molecule has 2 rings (SSSR count). The first-order valence-corrected chi connectivity index (χ1v) is 8.41. The summed E-state index contributed by atoms with van der Waals surface area (Å²) in [4.78, 5) is 27.9. The van der Waals surface area contributed by atoms with E-state index in [9.17, 15) is 14.7 Å². The van der Waals surface area contributed by atoms with Gasteiger partial charge in [0.15, 0.2) is 5.11 Å². The molecule has 1 fully saturated rings. The number of anilines is 1. The Morgan fingerprint density at radius 2 is 2.00 bits per heavy atom. The third kappa shape index (κ3) is 3.88. The van der Waals surface area contributed by atoms with E-state index in [1.165, 1.54) is 17.1 Å². The Morgan fingerprint density at radius 1 is 1.32 bits per heavy atom. The van der Waals surface area contributed by atoms with Gasteiger partial charge in [0.2, 0.25) is 0 Å². The Morgan fingerprint density at radius 3 is 2.56 bits per heavy atom. The second-order valence-corrected chi connectivity index (χ2v) is 5.82. The average Bonchev–Trinajstić information content (AvgIpc) is 2.58.